The molecule has 0 radical (unpaired) electrons. The van der Waals surface area contributed by atoms with E-state index in [4.69, 9.17) is 34.0 Å². The van der Waals surface area contributed by atoms with E-state index in [0.717, 1.165) is 0 Å². The molecule has 0 heterocycles. The molecular weight excluding hydrogens is 399 g/mol. The molecule has 0 fully saturated rings. The number of carboxylic acids is 1. The summed E-state index contributed by atoms with van der Waals surface area (Å²) in [5.41, 5.74) is 5.49. The number of hydrogen-bond acceptors (Lipinski definition) is 2. The molecule has 17 heavy (non-hydrogen) atoms. The highest BCUT2D eigenvalue weighted by Gasteiger charge is 2.20. The van der Waals surface area contributed by atoms with Crippen LogP contribution < -0.4 is 5.73 Å². The molecule has 0 aliphatic carbocycles. The average molecular weight is 405 g/mol. The van der Waals surface area contributed by atoms with E-state index in [0.29, 0.717) is 8.95 Å². The van der Waals surface area contributed by atoms with Crippen molar-refractivity contribution < 1.29 is 9.90 Å². The Morgan fingerprint density at radius 3 is 2.53 bits per heavy atom. The minimum atomic E-state index is -1.20. The number of nitrogens with two attached hydrogens (primary N) is 1. The van der Waals surface area contributed by atoms with Gasteiger partial charge in [-0.3, -0.25) is 0 Å². The molecule has 0 spiro atoms. The Balaban J connectivity index is 3.58. The third-order valence-electron chi connectivity index (χ3n) is 1.75. The van der Waals surface area contributed by atoms with Crippen molar-refractivity contribution in [2.75, 3.05) is 5.88 Å². The zero-order valence-corrected chi connectivity index (χ0v) is 12.9. The van der Waals surface area contributed by atoms with E-state index < -0.39 is 5.97 Å². The summed E-state index contributed by atoms with van der Waals surface area (Å²) in [5.74, 6) is -1.09. The lowest BCUT2D eigenvalue weighted by molar-refractivity contribution is 0.0698. The van der Waals surface area contributed by atoms with Crippen molar-refractivity contribution >= 4 is 72.6 Å². The molecule has 0 aliphatic rings. The van der Waals surface area contributed by atoms with Gasteiger partial charge in [0.2, 0.25) is 0 Å². The monoisotopic (exact) mass is 402 g/mol. The molecule has 0 saturated carbocycles. The Morgan fingerprint density at radius 2 is 2.06 bits per heavy atom. The third-order valence-corrected chi connectivity index (χ3v) is 3.88. The first-order valence-corrected chi connectivity index (χ1v) is 6.68. The molecule has 0 aliphatic heterocycles. The summed E-state index contributed by atoms with van der Waals surface area (Å²) >= 11 is 17.7. The molecule has 1 rings (SSSR count). The lowest BCUT2D eigenvalue weighted by Crippen LogP contribution is -2.13. The molecule has 3 N–H and O–H groups in total. The van der Waals surface area contributed by atoms with Crippen LogP contribution in [0.25, 0.3) is 0 Å². The first-order valence-electron chi connectivity index (χ1n) is 4.18. The zero-order valence-electron chi connectivity index (χ0n) is 8.18. The topological polar surface area (TPSA) is 75.7 Å². The van der Waals surface area contributed by atoms with Gasteiger partial charge in [0.25, 0.3) is 0 Å². The molecule has 4 nitrogen and oxygen atoms in total. The zero-order chi connectivity index (χ0) is 13.2. The number of alkyl halides is 1. The van der Waals surface area contributed by atoms with E-state index in [1.54, 1.807) is 6.07 Å². The van der Waals surface area contributed by atoms with E-state index >= 15 is 0 Å². The summed E-state index contributed by atoms with van der Waals surface area (Å²) < 4.78 is 0.908. The molecule has 0 atom stereocenters. The van der Waals surface area contributed by atoms with E-state index in [1.165, 1.54) is 0 Å². The molecule has 1 aromatic carbocycles. The van der Waals surface area contributed by atoms with Crippen LogP contribution in [0.4, 0.5) is 5.69 Å². The highest BCUT2D eigenvalue weighted by molar-refractivity contribution is 9.11. The Hall–Kier alpha value is -0.300. The third kappa shape index (κ3) is 3.34. The summed E-state index contributed by atoms with van der Waals surface area (Å²) in [5, 5.41) is 9.17. The molecular formula is C9H6Br2Cl2N2O2. The molecule has 0 amide bonds. The van der Waals surface area contributed by atoms with E-state index in [1.807, 2.05) is 0 Å². The highest BCUT2D eigenvalue weighted by Crippen LogP contribution is 2.39. The van der Waals surface area contributed by atoms with Crippen LogP contribution >= 0.6 is 55.1 Å². The summed E-state index contributed by atoms with van der Waals surface area (Å²) in [4.78, 5) is 15.1. The van der Waals surface area contributed by atoms with Crippen LogP contribution in [0, 0.1) is 0 Å². The maximum absolute atomic E-state index is 11.1. The average Bonchev–Trinajstić information content (AvgIpc) is 2.25. The van der Waals surface area contributed by atoms with Crippen LogP contribution in [0.3, 0.4) is 0 Å². The highest BCUT2D eigenvalue weighted by atomic mass is 79.9. The van der Waals surface area contributed by atoms with Gasteiger partial charge in [0.15, 0.2) is 0 Å². The summed E-state index contributed by atoms with van der Waals surface area (Å²) in [6.45, 7) is 0. The maximum atomic E-state index is 11.1. The van der Waals surface area contributed by atoms with Crippen molar-refractivity contribution in [2.45, 2.75) is 0 Å². The molecule has 0 saturated heterocycles. The Labute approximate surface area is 124 Å². The van der Waals surface area contributed by atoms with Crippen LogP contribution in [-0.2, 0) is 0 Å². The fraction of sp³-hybridized carbons (Fsp3) is 0.111. The number of aromatic carboxylic acids is 1. The van der Waals surface area contributed by atoms with Gasteiger partial charge in [-0.1, -0.05) is 11.6 Å². The molecule has 92 valence electrons. The van der Waals surface area contributed by atoms with E-state index in [2.05, 4.69) is 36.9 Å². The van der Waals surface area contributed by atoms with Gasteiger partial charge in [0.05, 0.1) is 16.6 Å². The van der Waals surface area contributed by atoms with Crippen molar-refractivity contribution in [1.29, 1.82) is 0 Å². The largest absolute Gasteiger partial charge is 0.478 e. The van der Waals surface area contributed by atoms with Gasteiger partial charge in [0, 0.05) is 8.95 Å². The summed E-state index contributed by atoms with van der Waals surface area (Å²) in [6, 6.07) is 1.59. The van der Waals surface area contributed by atoms with Crippen molar-refractivity contribution in [3.8, 4) is 0 Å². The normalized spacial score (nSPS) is 11.6. The van der Waals surface area contributed by atoms with Gasteiger partial charge < -0.3 is 10.8 Å². The number of benzene rings is 1. The smallest absolute Gasteiger partial charge is 0.339 e. The quantitative estimate of drug-likeness (QED) is 0.348. The van der Waals surface area contributed by atoms with Gasteiger partial charge in [-0.05, 0) is 37.9 Å². The minimum Gasteiger partial charge on any atom is -0.478 e. The molecule has 0 bridgehead atoms. The van der Waals surface area contributed by atoms with Crippen LogP contribution in [0.2, 0.25) is 5.02 Å². The fourth-order valence-electron chi connectivity index (χ4n) is 1.06. The van der Waals surface area contributed by atoms with Crippen molar-refractivity contribution in [3.63, 3.8) is 0 Å². The Kier molecular flexibility index (Phi) is 5.24. The number of amidine groups is 1. The van der Waals surface area contributed by atoms with Crippen LogP contribution in [-0.4, -0.2) is 22.8 Å². The van der Waals surface area contributed by atoms with Gasteiger partial charge >= 0.3 is 5.97 Å². The predicted molar refractivity (Wildman–Crippen MR) is 75.8 cm³/mol. The van der Waals surface area contributed by atoms with Crippen molar-refractivity contribution in [2.24, 2.45) is 10.7 Å². The Bertz CT molecular complexity index is 506. The maximum Gasteiger partial charge on any atom is 0.339 e. The molecule has 0 unspecified atom stereocenters. The lowest BCUT2D eigenvalue weighted by Gasteiger charge is -2.08. The standard InChI is InChI=1S/C9H6Br2Cl2N2O2/c10-3-1-4(11)8(15-5(14)2-12)6(7(3)13)9(16)17/h1H,2H2,(H2,14,15)(H,16,17). The second-order valence-corrected chi connectivity index (χ2v) is 5.27. The van der Waals surface area contributed by atoms with Gasteiger partial charge in [-0.2, -0.15) is 0 Å². The van der Waals surface area contributed by atoms with Gasteiger partial charge in [-0.25, -0.2) is 9.79 Å². The van der Waals surface area contributed by atoms with Gasteiger partial charge in [0.1, 0.15) is 11.4 Å². The number of aliphatic imine (C=N–C) groups is 1. The number of nitrogens with zero attached hydrogens (tertiary/aromatic N) is 1. The first kappa shape index (κ1) is 14.8. The second-order valence-electron chi connectivity index (χ2n) is 2.92. The number of rotatable bonds is 3. The number of halogens is 4. The predicted octanol–water partition coefficient (Wildman–Crippen LogP) is 3.79. The number of hydrogen-bond donors (Lipinski definition) is 2. The van der Waals surface area contributed by atoms with Crippen LogP contribution in [0.1, 0.15) is 10.4 Å². The second kappa shape index (κ2) is 6.04. The van der Waals surface area contributed by atoms with Crippen LogP contribution in [0.5, 0.6) is 0 Å². The van der Waals surface area contributed by atoms with Crippen molar-refractivity contribution in [3.05, 3.63) is 25.6 Å². The minimum absolute atomic E-state index is 0.000811. The van der Waals surface area contributed by atoms with Crippen molar-refractivity contribution in [1.82, 2.24) is 0 Å². The molecule has 8 heteroatoms. The lowest BCUT2D eigenvalue weighted by atomic mass is 10.2. The number of carbonyl (C=O) groups is 1. The molecule has 0 aromatic heterocycles. The summed E-state index contributed by atoms with van der Waals surface area (Å²) in [7, 11) is 0. The first-order chi connectivity index (χ1) is 7.88. The van der Waals surface area contributed by atoms with Gasteiger partial charge in [-0.15, -0.1) is 11.6 Å². The van der Waals surface area contributed by atoms with Crippen LogP contribution in [0.15, 0.2) is 20.0 Å². The SMILES string of the molecule is NC(CCl)=Nc1c(Br)cc(Br)c(Cl)c1C(=O)O. The molecule has 1 aromatic rings. The fourth-order valence-corrected chi connectivity index (χ4v) is 2.60. The van der Waals surface area contributed by atoms with E-state index in [9.17, 15) is 4.79 Å². The summed E-state index contributed by atoms with van der Waals surface area (Å²) in [6.07, 6.45) is 0. The Morgan fingerprint density at radius 1 is 1.47 bits per heavy atom. The number of carboxylic acid groups (broad SMARTS) is 1. The van der Waals surface area contributed by atoms with E-state index in [-0.39, 0.29) is 28.0 Å².